The number of rotatable bonds is 7. The summed E-state index contributed by atoms with van der Waals surface area (Å²) in [6, 6.07) is 20.9. The minimum Gasteiger partial charge on any atom is -0.508 e. The number of hydrogen-bond donors (Lipinski definition) is 4. The second-order valence-corrected chi connectivity index (χ2v) is 8.16. The first-order valence-corrected chi connectivity index (χ1v) is 10.7. The molecule has 0 bridgehead atoms. The number of aryl methyl sites for hydroxylation is 1. The highest BCUT2D eigenvalue weighted by Crippen LogP contribution is 2.44. The monoisotopic (exact) mass is 433 g/mol. The van der Waals surface area contributed by atoms with E-state index in [0.29, 0.717) is 5.56 Å². The van der Waals surface area contributed by atoms with E-state index in [2.05, 4.69) is 29.6 Å². The summed E-state index contributed by atoms with van der Waals surface area (Å²) in [6.45, 7) is 2.15. The number of phenolic OH excluding ortho intramolecular Hbond substituents is 1. The molecule has 0 spiro atoms. The van der Waals surface area contributed by atoms with E-state index in [1.54, 1.807) is 19.1 Å². The van der Waals surface area contributed by atoms with Gasteiger partial charge in [0.1, 0.15) is 18.5 Å². The summed E-state index contributed by atoms with van der Waals surface area (Å²) in [7, 11) is 0. The van der Waals surface area contributed by atoms with Crippen molar-refractivity contribution in [3.63, 3.8) is 0 Å². The molecular formula is C26H27NO5. The second kappa shape index (κ2) is 9.42. The molecule has 6 nitrogen and oxygen atoms in total. The molecule has 4 rings (SSSR count). The number of carbonyl (C=O) groups excluding carboxylic acids is 1. The van der Waals surface area contributed by atoms with Gasteiger partial charge in [0.05, 0.1) is 6.10 Å². The SMILES string of the molecule is Cc1cc(O)cc(C(O)C(O)CCNC(=O)OCC2c3ccccc3-c3ccccc32)c1. The van der Waals surface area contributed by atoms with E-state index in [0.717, 1.165) is 27.8 Å². The van der Waals surface area contributed by atoms with Crippen LogP contribution in [0.5, 0.6) is 5.75 Å². The summed E-state index contributed by atoms with van der Waals surface area (Å²) in [6.07, 6.45) is -2.68. The van der Waals surface area contributed by atoms with Crippen molar-refractivity contribution in [3.05, 3.63) is 89.0 Å². The summed E-state index contributed by atoms with van der Waals surface area (Å²) in [5, 5.41) is 32.9. The number of ether oxygens (including phenoxy) is 1. The molecule has 4 N–H and O–H groups in total. The van der Waals surface area contributed by atoms with Crippen LogP contribution in [0, 0.1) is 6.92 Å². The molecule has 2 unspecified atom stereocenters. The molecule has 0 fully saturated rings. The van der Waals surface area contributed by atoms with Crippen molar-refractivity contribution in [1.29, 1.82) is 0 Å². The zero-order chi connectivity index (χ0) is 22.7. The van der Waals surface area contributed by atoms with Gasteiger partial charge in [-0.1, -0.05) is 54.6 Å². The maximum Gasteiger partial charge on any atom is 0.407 e. The van der Waals surface area contributed by atoms with Crippen molar-refractivity contribution in [1.82, 2.24) is 5.32 Å². The van der Waals surface area contributed by atoms with E-state index >= 15 is 0 Å². The van der Waals surface area contributed by atoms with E-state index < -0.39 is 18.3 Å². The molecular weight excluding hydrogens is 406 g/mol. The van der Waals surface area contributed by atoms with Crippen molar-refractivity contribution in [2.75, 3.05) is 13.2 Å². The van der Waals surface area contributed by atoms with Crippen molar-refractivity contribution < 1.29 is 24.9 Å². The lowest BCUT2D eigenvalue weighted by molar-refractivity contribution is 0.0135. The summed E-state index contributed by atoms with van der Waals surface area (Å²) >= 11 is 0. The van der Waals surface area contributed by atoms with Gasteiger partial charge in [0.2, 0.25) is 0 Å². The van der Waals surface area contributed by atoms with E-state index in [1.807, 2.05) is 24.3 Å². The molecule has 166 valence electrons. The first kappa shape index (κ1) is 21.9. The highest BCUT2D eigenvalue weighted by atomic mass is 16.5. The van der Waals surface area contributed by atoms with Gasteiger partial charge < -0.3 is 25.4 Å². The van der Waals surface area contributed by atoms with E-state index in [1.165, 1.54) is 6.07 Å². The highest BCUT2D eigenvalue weighted by molar-refractivity contribution is 5.79. The standard InChI is InChI=1S/C26H27NO5/c1-16-12-17(14-18(28)13-16)25(30)24(29)10-11-27-26(31)32-15-23-21-8-4-2-6-19(21)20-7-3-5-9-22(20)23/h2-9,12-14,23-25,28-30H,10-11,15H2,1H3,(H,27,31). The Bertz CT molecular complexity index is 1050. The van der Waals surface area contributed by atoms with Gasteiger partial charge >= 0.3 is 6.09 Å². The Kier molecular flexibility index (Phi) is 6.44. The average Bonchev–Trinajstić information content (AvgIpc) is 3.10. The largest absolute Gasteiger partial charge is 0.508 e. The number of fused-ring (bicyclic) bond motifs is 3. The number of alkyl carbamates (subject to hydrolysis) is 1. The van der Waals surface area contributed by atoms with Crippen LogP contribution in [0.1, 0.15) is 40.7 Å². The van der Waals surface area contributed by atoms with Crippen LogP contribution in [-0.2, 0) is 4.74 Å². The molecule has 1 aliphatic rings. The van der Waals surface area contributed by atoms with Crippen LogP contribution in [0.15, 0.2) is 66.7 Å². The molecule has 0 aliphatic heterocycles. The van der Waals surface area contributed by atoms with Gasteiger partial charge in [-0.25, -0.2) is 4.79 Å². The average molecular weight is 434 g/mol. The normalized spacial score (nSPS) is 14.3. The third-order valence-electron chi connectivity index (χ3n) is 5.84. The van der Waals surface area contributed by atoms with Gasteiger partial charge in [-0.05, 0) is 58.9 Å². The number of hydrogen-bond acceptors (Lipinski definition) is 5. The van der Waals surface area contributed by atoms with Crippen molar-refractivity contribution in [2.24, 2.45) is 0 Å². The fourth-order valence-corrected chi connectivity index (χ4v) is 4.31. The predicted octanol–water partition coefficient (Wildman–Crippen LogP) is 4.02. The number of nitrogens with one attached hydrogen (secondary N) is 1. The molecule has 1 amide bonds. The van der Waals surface area contributed by atoms with Gasteiger partial charge in [0.15, 0.2) is 0 Å². The van der Waals surface area contributed by atoms with Gasteiger partial charge in [-0.15, -0.1) is 0 Å². The predicted molar refractivity (Wildman–Crippen MR) is 121 cm³/mol. The fraction of sp³-hybridized carbons (Fsp3) is 0.269. The topological polar surface area (TPSA) is 99.0 Å². The molecule has 2 atom stereocenters. The number of carbonyl (C=O) groups is 1. The number of amides is 1. The molecule has 32 heavy (non-hydrogen) atoms. The minimum atomic E-state index is -1.16. The highest BCUT2D eigenvalue weighted by Gasteiger charge is 2.29. The number of aliphatic hydroxyl groups excluding tert-OH is 2. The maximum atomic E-state index is 12.2. The Morgan fingerprint density at radius 2 is 1.62 bits per heavy atom. The lowest BCUT2D eigenvalue weighted by Gasteiger charge is -2.19. The Morgan fingerprint density at radius 3 is 2.25 bits per heavy atom. The Morgan fingerprint density at radius 1 is 1.00 bits per heavy atom. The Balaban J connectivity index is 1.29. The van der Waals surface area contributed by atoms with Gasteiger partial charge in [0.25, 0.3) is 0 Å². The zero-order valence-electron chi connectivity index (χ0n) is 17.9. The third kappa shape index (κ3) is 4.61. The maximum absolute atomic E-state index is 12.2. The fourth-order valence-electron chi connectivity index (χ4n) is 4.31. The van der Waals surface area contributed by atoms with Crippen molar-refractivity contribution in [2.45, 2.75) is 31.5 Å². The van der Waals surface area contributed by atoms with Crippen molar-refractivity contribution >= 4 is 6.09 Å². The van der Waals surface area contributed by atoms with Crippen LogP contribution in [0.3, 0.4) is 0 Å². The van der Waals surface area contributed by atoms with Crippen LogP contribution >= 0.6 is 0 Å². The Labute approximate surface area is 187 Å². The number of phenols is 1. The van der Waals surface area contributed by atoms with Crippen LogP contribution < -0.4 is 5.32 Å². The number of benzene rings is 3. The van der Waals surface area contributed by atoms with E-state index in [4.69, 9.17) is 4.74 Å². The Hall–Kier alpha value is -3.35. The quantitative estimate of drug-likeness (QED) is 0.451. The third-order valence-corrected chi connectivity index (χ3v) is 5.84. The van der Waals surface area contributed by atoms with Crippen LogP contribution in [0.25, 0.3) is 11.1 Å². The molecule has 6 heteroatoms. The van der Waals surface area contributed by atoms with Crippen LogP contribution in [0.2, 0.25) is 0 Å². The molecule has 1 aliphatic carbocycles. The van der Waals surface area contributed by atoms with Gasteiger partial charge in [-0.3, -0.25) is 0 Å². The number of aromatic hydroxyl groups is 1. The zero-order valence-corrected chi connectivity index (χ0v) is 17.9. The summed E-state index contributed by atoms with van der Waals surface area (Å²) in [4.78, 5) is 12.2. The summed E-state index contributed by atoms with van der Waals surface area (Å²) in [5.74, 6) is 0.0116. The van der Waals surface area contributed by atoms with Crippen LogP contribution in [-0.4, -0.2) is 40.7 Å². The molecule has 3 aromatic rings. The van der Waals surface area contributed by atoms with E-state index in [-0.39, 0.29) is 31.2 Å². The molecule has 0 aromatic heterocycles. The van der Waals surface area contributed by atoms with Gasteiger partial charge in [-0.2, -0.15) is 0 Å². The minimum absolute atomic E-state index is 0.0189. The van der Waals surface area contributed by atoms with Gasteiger partial charge in [0, 0.05) is 12.5 Å². The number of aliphatic hydroxyl groups is 2. The van der Waals surface area contributed by atoms with Crippen molar-refractivity contribution in [3.8, 4) is 16.9 Å². The van der Waals surface area contributed by atoms with Crippen LogP contribution in [0.4, 0.5) is 4.79 Å². The first-order chi connectivity index (χ1) is 15.4. The molecule has 0 radical (unpaired) electrons. The molecule has 3 aromatic carbocycles. The molecule has 0 heterocycles. The lowest BCUT2D eigenvalue weighted by Crippen LogP contribution is -2.30. The lowest BCUT2D eigenvalue weighted by atomic mass is 9.98. The molecule has 0 saturated carbocycles. The second-order valence-electron chi connectivity index (χ2n) is 8.16. The summed E-state index contributed by atoms with van der Waals surface area (Å²) in [5.41, 5.74) is 5.81. The van der Waals surface area contributed by atoms with E-state index in [9.17, 15) is 20.1 Å². The smallest absolute Gasteiger partial charge is 0.407 e. The first-order valence-electron chi connectivity index (χ1n) is 10.7. The molecule has 0 saturated heterocycles. The summed E-state index contributed by atoms with van der Waals surface area (Å²) < 4.78 is 5.47.